The van der Waals surface area contributed by atoms with Crippen molar-refractivity contribution in [1.82, 2.24) is 0 Å². The van der Waals surface area contributed by atoms with Gasteiger partial charge in [0.1, 0.15) is 18.2 Å². The molecule has 2 nitrogen and oxygen atoms in total. The van der Waals surface area contributed by atoms with Gasteiger partial charge in [-0.1, -0.05) is 29.8 Å². The van der Waals surface area contributed by atoms with Crippen LogP contribution in [0.5, 0.6) is 5.75 Å². The van der Waals surface area contributed by atoms with Crippen LogP contribution in [-0.2, 0) is 13.0 Å². The molecule has 0 aliphatic heterocycles. The van der Waals surface area contributed by atoms with E-state index in [-0.39, 0.29) is 18.5 Å². The summed E-state index contributed by atoms with van der Waals surface area (Å²) in [6.07, 6.45) is 1.90. The fraction of sp³-hybridized carbons (Fsp3) is 0.294. The second-order valence-corrected chi connectivity index (χ2v) is 5.62. The third-order valence-electron chi connectivity index (χ3n) is 3.22. The molecule has 0 radical (unpaired) electrons. The number of aryl methyl sites for hydroxylation is 1. The van der Waals surface area contributed by atoms with Gasteiger partial charge in [0.05, 0.1) is 0 Å². The van der Waals surface area contributed by atoms with Gasteiger partial charge in [0.2, 0.25) is 0 Å². The molecule has 1 atom stereocenters. The molecule has 0 aromatic heterocycles. The van der Waals surface area contributed by atoms with Crippen LogP contribution in [0.1, 0.15) is 24.5 Å². The molecule has 0 fully saturated rings. The van der Waals surface area contributed by atoms with Crippen molar-refractivity contribution >= 4 is 11.6 Å². The maximum atomic E-state index is 13.6. The Bertz CT molecular complexity index is 584. The standard InChI is InChI=1S/C17H19ClFNO/c1-12(20)2-3-13-4-8-16(9-5-13)21-11-14-6-7-15(18)10-17(14)19/h4-10,12H,2-3,11,20H2,1H3. The van der Waals surface area contributed by atoms with Gasteiger partial charge < -0.3 is 10.5 Å². The van der Waals surface area contributed by atoms with E-state index in [0.29, 0.717) is 16.3 Å². The highest BCUT2D eigenvalue weighted by molar-refractivity contribution is 6.30. The summed E-state index contributed by atoms with van der Waals surface area (Å²) < 4.78 is 19.2. The van der Waals surface area contributed by atoms with Crippen molar-refractivity contribution in [3.05, 3.63) is 64.4 Å². The minimum Gasteiger partial charge on any atom is -0.489 e. The Hall–Kier alpha value is -1.58. The number of rotatable bonds is 6. The number of nitrogens with two attached hydrogens (primary N) is 1. The molecule has 0 bridgehead atoms. The van der Waals surface area contributed by atoms with Crippen LogP contribution in [0.4, 0.5) is 4.39 Å². The van der Waals surface area contributed by atoms with Gasteiger partial charge in [-0.15, -0.1) is 0 Å². The zero-order valence-electron chi connectivity index (χ0n) is 12.0. The van der Waals surface area contributed by atoms with E-state index in [4.69, 9.17) is 22.1 Å². The Morgan fingerprint density at radius 3 is 2.52 bits per heavy atom. The molecule has 2 rings (SSSR count). The van der Waals surface area contributed by atoms with Gasteiger partial charge in [0, 0.05) is 16.6 Å². The second kappa shape index (κ2) is 7.43. The van der Waals surface area contributed by atoms with Crippen LogP contribution in [0.25, 0.3) is 0 Å². The van der Waals surface area contributed by atoms with E-state index in [0.717, 1.165) is 12.8 Å². The summed E-state index contributed by atoms with van der Waals surface area (Å²) in [6, 6.07) is 12.6. The molecule has 2 aromatic rings. The van der Waals surface area contributed by atoms with Crippen molar-refractivity contribution in [3.63, 3.8) is 0 Å². The molecular formula is C17H19ClFNO. The highest BCUT2D eigenvalue weighted by atomic mass is 35.5. The molecular weight excluding hydrogens is 289 g/mol. The third-order valence-corrected chi connectivity index (χ3v) is 3.46. The van der Waals surface area contributed by atoms with Crippen LogP contribution in [0.2, 0.25) is 5.02 Å². The van der Waals surface area contributed by atoms with E-state index in [2.05, 4.69) is 0 Å². The summed E-state index contributed by atoms with van der Waals surface area (Å²) >= 11 is 5.71. The van der Waals surface area contributed by atoms with Crippen LogP contribution in [-0.4, -0.2) is 6.04 Å². The van der Waals surface area contributed by atoms with Crippen molar-refractivity contribution in [2.75, 3.05) is 0 Å². The summed E-state index contributed by atoms with van der Waals surface area (Å²) in [5, 5.41) is 0.384. The Kier molecular flexibility index (Phi) is 5.59. The molecule has 2 N–H and O–H groups in total. The Balaban J connectivity index is 1.91. The average Bonchev–Trinajstić information content (AvgIpc) is 2.45. The Labute approximate surface area is 129 Å². The first-order valence-corrected chi connectivity index (χ1v) is 7.33. The van der Waals surface area contributed by atoms with Crippen LogP contribution in [0.3, 0.4) is 0 Å². The molecule has 0 aliphatic rings. The molecule has 0 saturated heterocycles. The van der Waals surface area contributed by atoms with E-state index in [1.807, 2.05) is 31.2 Å². The highest BCUT2D eigenvalue weighted by Crippen LogP contribution is 2.18. The van der Waals surface area contributed by atoms with Crippen LogP contribution >= 0.6 is 11.6 Å². The Morgan fingerprint density at radius 2 is 1.90 bits per heavy atom. The number of ether oxygens (including phenoxy) is 1. The predicted molar refractivity (Wildman–Crippen MR) is 84.2 cm³/mol. The summed E-state index contributed by atoms with van der Waals surface area (Å²) in [7, 11) is 0. The lowest BCUT2D eigenvalue weighted by Crippen LogP contribution is -2.15. The first-order valence-electron chi connectivity index (χ1n) is 6.96. The van der Waals surface area contributed by atoms with Crippen molar-refractivity contribution in [2.45, 2.75) is 32.4 Å². The van der Waals surface area contributed by atoms with Crippen LogP contribution < -0.4 is 10.5 Å². The van der Waals surface area contributed by atoms with Crippen LogP contribution in [0.15, 0.2) is 42.5 Å². The minimum atomic E-state index is -0.351. The molecule has 0 heterocycles. The topological polar surface area (TPSA) is 35.2 Å². The van der Waals surface area contributed by atoms with Gasteiger partial charge in [-0.3, -0.25) is 0 Å². The van der Waals surface area contributed by atoms with Gasteiger partial charge >= 0.3 is 0 Å². The van der Waals surface area contributed by atoms with Gasteiger partial charge in [0.15, 0.2) is 0 Å². The molecule has 4 heteroatoms. The number of hydrogen-bond donors (Lipinski definition) is 1. The zero-order valence-corrected chi connectivity index (χ0v) is 12.7. The van der Waals surface area contributed by atoms with E-state index < -0.39 is 0 Å². The monoisotopic (exact) mass is 307 g/mol. The van der Waals surface area contributed by atoms with Crippen molar-refractivity contribution < 1.29 is 9.13 Å². The zero-order chi connectivity index (χ0) is 15.2. The second-order valence-electron chi connectivity index (χ2n) is 5.18. The SMILES string of the molecule is CC(N)CCc1ccc(OCc2ccc(Cl)cc2F)cc1. The summed E-state index contributed by atoms with van der Waals surface area (Å²) in [4.78, 5) is 0. The molecule has 0 aliphatic carbocycles. The normalized spacial score (nSPS) is 12.2. The van der Waals surface area contributed by atoms with E-state index >= 15 is 0 Å². The van der Waals surface area contributed by atoms with Crippen molar-refractivity contribution in [2.24, 2.45) is 5.73 Å². The molecule has 0 amide bonds. The number of benzene rings is 2. The van der Waals surface area contributed by atoms with Gasteiger partial charge in [-0.05, 0) is 49.6 Å². The fourth-order valence-electron chi connectivity index (χ4n) is 1.95. The highest BCUT2D eigenvalue weighted by Gasteiger charge is 2.04. The molecule has 0 saturated carbocycles. The first-order chi connectivity index (χ1) is 10.0. The van der Waals surface area contributed by atoms with E-state index in [1.165, 1.54) is 11.6 Å². The maximum absolute atomic E-state index is 13.6. The van der Waals surface area contributed by atoms with E-state index in [9.17, 15) is 4.39 Å². The molecule has 0 spiro atoms. The largest absolute Gasteiger partial charge is 0.489 e. The predicted octanol–water partition coefficient (Wildman–Crippen LogP) is 4.34. The minimum absolute atomic E-state index is 0.183. The van der Waals surface area contributed by atoms with E-state index in [1.54, 1.807) is 12.1 Å². The lowest BCUT2D eigenvalue weighted by atomic mass is 10.1. The number of hydrogen-bond acceptors (Lipinski definition) is 2. The number of halogens is 2. The fourth-order valence-corrected chi connectivity index (χ4v) is 2.11. The van der Waals surface area contributed by atoms with Crippen LogP contribution in [0, 0.1) is 5.82 Å². The summed E-state index contributed by atoms with van der Waals surface area (Å²) in [6.45, 7) is 2.18. The quantitative estimate of drug-likeness (QED) is 0.861. The lowest BCUT2D eigenvalue weighted by molar-refractivity contribution is 0.300. The van der Waals surface area contributed by atoms with Gasteiger partial charge in [-0.25, -0.2) is 4.39 Å². The maximum Gasteiger partial charge on any atom is 0.131 e. The van der Waals surface area contributed by atoms with Gasteiger partial charge in [0.25, 0.3) is 0 Å². The van der Waals surface area contributed by atoms with Crippen molar-refractivity contribution in [3.8, 4) is 5.75 Å². The molecule has 21 heavy (non-hydrogen) atoms. The Morgan fingerprint density at radius 1 is 1.19 bits per heavy atom. The van der Waals surface area contributed by atoms with Crippen molar-refractivity contribution in [1.29, 1.82) is 0 Å². The average molecular weight is 308 g/mol. The van der Waals surface area contributed by atoms with Gasteiger partial charge in [-0.2, -0.15) is 0 Å². The molecule has 2 aromatic carbocycles. The third kappa shape index (κ3) is 5.03. The molecule has 112 valence electrons. The smallest absolute Gasteiger partial charge is 0.131 e. The molecule has 1 unspecified atom stereocenters. The lowest BCUT2D eigenvalue weighted by Gasteiger charge is -2.09. The summed E-state index contributed by atoms with van der Waals surface area (Å²) in [5.74, 6) is 0.366. The summed E-state index contributed by atoms with van der Waals surface area (Å²) in [5.41, 5.74) is 7.44. The first kappa shape index (κ1) is 15.8.